The van der Waals surface area contributed by atoms with E-state index in [-0.39, 0.29) is 5.60 Å². The summed E-state index contributed by atoms with van der Waals surface area (Å²) >= 11 is 0. The Kier molecular flexibility index (Phi) is 3.63. The third-order valence-electron chi connectivity index (χ3n) is 4.89. The third kappa shape index (κ3) is 2.39. The average Bonchev–Trinajstić information content (AvgIpc) is 2.45. The third-order valence-corrected chi connectivity index (χ3v) is 4.89. The number of fused-ring (bicyclic) bond motifs is 1. The number of rotatable bonds is 2. The molecule has 1 aliphatic carbocycles. The Bertz CT molecular complexity index is 488. The van der Waals surface area contributed by atoms with E-state index < -0.39 is 0 Å². The molecule has 3 heteroatoms. The van der Waals surface area contributed by atoms with E-state index in [2.05, 4.69) is 24.4 Å². The minimum atomic E-state index is 0.0347. The molecule has 110 valence electrons. The van der Waals surface area contributed by atoms with Gasteiger partial charge in [-0.25, -0.2) is 0 Å². The maximum absolute atomic E-state index is 6.47. The molecule has 2 aliphatic rings. The van der Waals surface area contributed by atoms with Crippen LogP contribution in [0.4, 0.5) is 0 Å². The predicted octanol–water partition coefficient (Wildman–Crippen LogP) is 3.69. The highest BCUT2D eigenvalue weighted by atomic mass is 16.5. The van der Waals surface area contributed by atoms with Gasteiger partial charge < -0.3 is 14.8 Å². The van der Waals surface area contributed by atoms with E-state index in [4.69, 9.17) is 9.47 Å². The minimum Gasteiger partial charge on any atom is -0.497 e. The van der Waals surface area contributed by atoms with Crippen molar-refractivity contribution >= 4 is 0 Å². The largest absolute Gasteiger partial charge is 0.497 e. The maximum atomic E-state index is 6.47. The van der Waals surface area contributed by atoms with Gasteiger partial charge in [-0.1, -0.05) is 13.3 Å². The Morgan fingerprint density at radius 2 is 2.20 bits per heavy atom. The molecule has 1 fully saturated rings. The van der Waals surface area contributed by atoms with Crippen LogP contribution in [-0.2, 0) is 0 Å². The molecule has 1 saturated carbocycles. The Labute approximate surface area is 121 Å². The molecule has 0 bridgehead atoms. The molecule has 20 heavy (non-hydrogen) atoms. The van der Waals surface area contributed by atoms with E-state index >= 15 is 0 Å². The Morgan fingerprint density at radius 3 is 2.90 bits per heavy atom. The molecule has 0 radical (unpaired) electrons. The lowest BCUT2D eigenvalue weighted by Crippen LogP contribution is -2.46. The van der Waals surface area contributed by atoms with Crippen LogP contribution in [0.5, 0.6) is 11.5 Å². The average molecular weight is 275 g/mol. The number of ether oxygens (including phenoxy) is 2. The highest BCUT2D eigenvalue weighted by Gasteiger charge is 2.43. The molecular formula is C17H25NO2. The molecule has 1 aromatic carbocycles. The van der Waals surface area contributed by atoms with E-state index in [9.17, 15) is 0 Å². The summed E-state index contributed by atoms with van der Waals surface area (Å²) in [6, 6.07) is 6.53. The van der Waals surface area contributed by atoms with Crippen molar-refractivity contribution in [3.8, 4) is 11.5 Å². The highest BCUT2D eigenvalue weighted by Crippen LogP contribution is 2.47. The molecule has 1 aromatic rings. The first-order valence-corrected chi connectivity index (χ1v) is 7.70. The van der Waals surface area contributed by atoms with Gasteiger partial charge in [0.15, 0.2) is 0 Å². The number of methoxy groups -OCH3 is 1. The number of hydrogen-bond donors (Lipinski definition) is 1. The normalized spacial score (nSPS) is 32.5. The molecule has 0 aromatic heterocycles. The zero-order valence-corrected chi connectivity index (χ0v) is 12.7. The van der Waals surface area contributed by atoms with Gasteiger partial charge in [-0.15, -0.1) is 0 Å². The first-order valence-electron chi connectivity index (χ1n) is 7.70. The van der Waals surface area contributed by atoms with Crippen molar-refractivity contribution in [3.05, 3.63) is 23.8 Å². The molecule has 3 unspecified atom stereocenters. The van der Waals surface area contributed by atoms with E-state index in [1.807, 2.05) is 13.1 Å². The van der Waals surface area contributed by atoms with E-state index in [1.165, 1.54) is 31.2 Å². The van der Waals surface area contributed by atoms with Gasteiger partial charge in [-0.2, -0.15) is 0 Å². The zero-order chi connectivity index (χ0) is 14.2. The zero-order valence-electron chi connectivity index (χ0n) is 12.7. The summed E-state index contributed by atoms with van der Waals surface area (Å²) in [4.78, 5) is 0. The van der Waals surface area contributed by atoms with Crippen LogP contribution in [0.25, 0.3) is 0 Å². The molecular weight excluding hydrogens is 250 g/mol. The Hall–Kier alpha value is -1.22. The number of hydrogen-bond acceptors (Lipinski definition) is 3. The quantitative estimate of drug-likeness (QED) is 0.893. The monoisotopic (exact) mass is 275 g/mol. The molecule has 1 N–H and O–H groups in total. The highest BCUT2D eigenvalue weighted by molar-refractivity contribution is 5.44. The molecule has 1 heterocycles. The molecule has 0 amide bonds. The predicted molar refractivity (Wildman–Crippen MR) is 80.4 cm³/mol. The Balaban J connectivity index is 1.94. The fourth-order valence-corrected chi connectivity index (χ4v) is 3.92. The van der Waals surface area contributed by atoms with Crippen molar-refractivity contribution in [3.63, 3.8) is 0 Å². The lowest BCUT2D eigenvalue weighted by molar-refractivity contribution is -0.0173. The van der Waals surface area contributed by atoms with Gasteiger partial charge in [0.1, 0.15) is 17.1 Å². The lowest BCUT2D eigenvalue weighted by Gasteiger charge is -2.46. The van der Waals surface area contributed by atoms with Crippen molar-refractivity contribution < 1.29 is 9.47 Å². The smallest absolute Gasteiger partial charge is 0.125 e. The Morgan fingerprint density at radius 1 is 1.35 bits per heavy atom. The SMILES string of the molecule is CNC1CC2(CCCC(C)C2)Oc2ccc(OC)cc21. The van der Waals surface area contributed by atoms with Crippen LogP contribution in [0.3, 0.4) is 0 Å². The van der Waals surface area contributed by atoms with Gasteiger partial charge in [0, 0.05) is 18.0 Å². The summed E-state index contributed by atoms with van der Waals surface area (Å²) in [5.41, 5.74) is 1.27. The van der Waals surface area contributed by atoms with Crippen LogP contribution >= 0.6 is 0 Å². The second-order valence-electron chi connectivity index (χ2n) is 6.44. The van der Waals surface area contributed by atoms with Crippen molar-refractivity contribution in [2.75, 3.05) is 14.2 Å². The number of benzene rings is 1. The molecule has 1 spiro atoms. The van der Waals surface area contributed by atoms with Crippen LogP contribution in [0.1, 0.15) is 50.6 Å². The second-order valence-corrected chi connectivity index (χ2v) is 6.44. The number of nitrogens with one attached hydrogen (secondary N) is 1. The van der Waals surface area contributed by atoms with E-state index in [1.54, 1.807) is 7.11 Å². The summed E-state index contributed by atoms with van der Waals surface area (Å²) in [7, 11) is 3.75. The van der Waals surface area contributed by atoms with Gasteiger partial charge in [-0.3, -0.25) is 0 Å². The molecule has 3 atom stereocenters. The molecule has 0 saturated heterocycles. The van der Waals surface area contributed by atoms with Crippen LogP contribution in [0.15, 0.2) is 18.2 Å². The van der Waals surface area contributed by atoms with E-state index in [0.29, 0.717) is 6.04 Å². The van der Waals surface area contributed by atoms with Crippen molar-refractivity contribution in [1.82, 2.24) is 5.32 Å². The van der Waals surface area contributed by atoms with Gasteiger partial charge in [0.05, 0.1) is 7.11 Å². The van der Waals surface area contributed by atoms with Gasteiger partial charge in [0.25, 0.3) is 0 Å². The summed E-state index contributed by atoms with van der Waals surface area (Å²) in [6.07, 6.45) is 6.04. The molecule has 3 rings (SSSR count). The van der Waals surface area contributed by atoms with Crippen LogP contribution in [0, 0.1) is 5.92 Å². The van der Waals surface area contributed by atoms with E-state index in [0.717, 1.165) is 23.8 Å². The van der Waals surface area contributed by atoms with Gasteiger partial charge >= 0.3 is 0 Å². The first kappa shape index (κ1) is 13.7. The standard InChI is InChI=1S/C17H25NO2/c1-12-5-4-8-17(10-12)11-15(18-2)14-9-13(19-3)6-7-16(14)20-17/h6-7,9,12,15,18H,4-5,8,10-11H2,1-3H3. The van der Waals surface area contributed by atoms with Crippen molar-refractivity contribution in [2.45, 2.75) is 50.7 Å². The van der Waals surface area contributed by atoms with Crippen LogP contribution in [-0.4, -0.2) is 19.8 Å². The lowest BCUT2D eigenvalue weighted by atomic mass is 9.73. The van der Waals surface area contributed by atoms with Crippen molar-refractivity contribution in [2.24, 2.45) is 5.92 Å². The van der Waals surface area contributed by atoms with Crippen molar-refractivity contribution in [1.29, 1.82) is 0 Å². The molecule has 3 nitrogen and oxygen atoms in total. The fourth-order valence-electron chi connectivity index (χ4n) is 3.92. The summed E-state index contributed by atoms with van der Waals surface area (Å²) in [5, 5.41) is 3.46. The van der Waals surface area contributed by atoms with Crippen LogP contribution in [0.2, 0.25) is 0 Å². The second kappa shape index (κ2) is 5.28. The topological polar surface area (TPSA) is 30.5 Å². The summed E-state index contributed by atoms with van der Waals surface area (Å²) in [5.74, 6) is 2.70. The minimum absolute atomic E-state index is 0.0347. The van der Waals surface area contributed by atoms with Crippen LogP contribution < -0.4 is 14.8 Å². The van der Waals surface area contributed by atoms with Gasteiger partial charge in [-0.05, 0) is 50.4 Å². The summed E-state index contributed by atoms with van der Waals surface area (Å²) in [6.45, 7) is 2.35. The molecule has 1 aliphatic heterocycles. The van der Waals surface area contributed by atoms with Gasteiger partial charge in [0.2, 0.25) is 0 Å². The fraction of sp³-hybridized carbons (Fsp3) is 0.647. The summed E-state index contributed by atoms with van der Waals surface area (Å²) < 4.78 is 11.8. The first-order chi connectivity index (χ1) is 9.65. The maximum Gasteiger partial charge on any atom is 0.125 e.